The number of carbonyl (C=O) groups excluding carboxylic acids is 2. The molecular weight excluding hydrogens is 418 g/mol. The Bertz CT molecular complexity index is 1220. The molecule has 5 N–H and O–H groups in total. The first-order valence-corrected chi connectivity index (χ1v) is 9.53. The molecule has 2 aromatic heterocycles. The van der Waals surface area contributed by atoms with E-state index < -0.39 is 41.1 Å². The summed E-state index contributed by atoms with van der Waals surface area (Å²) in [6.45, 7) is -0.00196. The molecule has 1 unspecified atom stereocenters. The largest absolute Gasteiger partial charge is 0.493 e. The number of aromatic hydroxyl groups is 1. The first kappa shape index (κ1) is 22.3. The summed E-state index contributed by atoms with van der Waals surface area (Å²) in [4.78, 5) is 57.3. The molecular formula is C21H21N5O6. The van der Waals surface area contributed by atoms with Crippen molar-refractivity contribution in [1.29, 1.82) is 0 Å². The molecule has 1 aromatic carbocycles. The van der Waals surface area contributed by atoms with Gasteiger partial charge in [-0.15, -0.1) is 0 Å². The molecule has 1 atom stereocenters. The minimum absolute atomic E-state index is 0.00196. The SMILES string of the molecule is COc1c[nH]c(C(=O)NCC(NC(=O)Cc2c(O)nc[nH]c2=O)c2ccccc2)cc1=O. The minimum atomic E-state index is -0.643. The molecule has 32 heavy (non-hydrogen) atoms. The number of amides is 2. The van der Waals surface area contributed by atoms with Crippen LogP contribution >= 0.6 is 0 Å². The van der Waals surface area contributed by atoms with Crippen molar-refractivity contribution in [2.75, 3.05) is 13.7 Å². The second kappa shape index (κ2) is 10.1. The fourth-order valence-electron chi connectivity index (χ4n) is 2.96. The topological polar surface area (TPSA) is 166 Å². The van der Waals surface area contributed by atoms with Crippen molar-refractivity contribution in [2.45, 2.75) is 12.5 Å². The Morgan fingerprint density at radius 1 is 1.19 bits per heavy atom. The summed E-state index contributed by atoms with van der Waals surface area (Å²) < 4.78 is 4.88. The van der Waals surface area contributed by atoms with Crippen LogP contribution in [0.4, 0.5) is 0 Å². The maximum atomic E-state index is 12.6. The van der Waals surface area contributed by atoms with Crippen LogP contribution in [-0.2, 0) is 11.2 Å². The van der Waals surface area contributed by atoms with Crippen molar-refractivity contribution >= 4 is 11.8 Å². The third-order valence-electron chi connectivity index (χ3n) is 4.61. The van der Waals surface area contributed by atoms with E-state index in [2.05, 4.69) is 25.6 Å². The van der Waals surface area contributed by atoms with Crippen molar-refractivity contribution in [3.8, 4) is 11.6 Å². The van der Waals surface area contributed by atoms with E-state index in [9.17, 15) is 24.3 Å². The molecule has 166 valence electrons. The van der Waals surface area contributed by atoms with Crippen LogP contribution in [0.25, 0.3) is 0 Å². The third-order valence-corrected chi connectivity index (χ3v) is 4.61. The first-order valence-electron chi connectivity index (χ1n) is 9.53. The summed E-state index contributed by atoms with van der Waals surface area (Å²) in [5.41, 5.74) is -0.516. The highest BCUT2D eigenvalue weighted by atomic mass is 16.5. The number of rotatable bonds is 8. The average Bonchev–Trinajstić information content (AvgIpc) is 2.79. The number of ether oxygens (including phenoxy) is 1. The van der Waals surface area contributed by atoms with Crippen molar-refractivity contribution in [2.24, 2.45) is 0 Å². The summed E-state index contributed by atoms with van der Waals surface area (Å²) in [6.07, 6.45) is 1.91. The zero-order valence-electron chi connectivity index (χ0n) is 17.0. The van der Waals surface area contributed by atoms with Crippen LogP contribution in [0.3, 0.4) is 0 Å². The number of nitrogens with zero attached hydrogens (tertiary/aromatic N) is 1. The number of carbonyl (C=O) groups is 2. The van der Waals surface area contributed by atoms with Crippen LogP contribution in [0.2, 0.25) is 0 Å². The highest BCUT2D eigenvalue weighted by Gasteiger charge is 2.19. The van der Waals surface area contributed by atoms with Crippen molar-refractivity contribution in [3.05, 3.63) is 86.3 Å². The smallest absolute Gasteiger partial charge is 0.267 e. The van der Waals surface area contributed by atoms with Gasteiger partial charge in [-0.3, -0.25) is 19.2 Å². The normalized spacial score (nSPS) is 11.4. The van der Waals surface area contributed by atoms with Gasteiger partial charge in [0, 0.05) is 18.8 Å². The van der Waals surface area contributed by atoms with E-state index in [4.69, 9.17) is 4.74 Å². The number of aromatic nitrogens is 3. The van der Waals surface area contributed by atoms with Gasteiger partial charge in [-0.1, -0.05) is 30.3 Å². The quantitative estimate of drug-likeness (QED) is 0.329. The van der Waals surface area contributed by atoms with Crippen LogP contribution in [0, 0.1) is 0 Å². The van der Waals surface area contributed by atoms with Crippen LogP contribution in [0.15, 0.2) is 58.5 Å². The maximum absolute atomic E-state index is 12.6. The fourth-order valence-corrected chi connectivity index (χ4v) is 2.96. The molecule has 2 heterocycles. The molecule has 3 rings (SSSR count). The van der Waals surface area contributed by atoms with E-state index in [1.165, 1.54) is 13.3 Å². The number of H-pyrrole nitrogens is 2. The lowest BCUT2D eigenvalue weighted by atomic mass is 10.1. The number of nitrogens with one attached hydrogen (secondary N) is 4. The second-order valence-corrected chi connectivity index (χ2v) is 6.73. The lowest BCUT2D eigenvalue weighted by Gasteiger charge is -2.20. The summed E-state index contributed by atoms with van der Waals surface area (Å²) >= 11 is 0. The van der Waals surface area contributed by atoms with E-state index in [1.54, 1.807) is 30.3 Å². The van der Waals surface area contributed by atoms with Crippen molar-refractivity contribution in [1.82, 2.24) is 25.6 Å². The lowest BCUT2D eigenvalue weighted by molar-refractivity contribution is -0.121. The highest BCUT2D eigenvalue weighted by molar-refractivity contribution is 5.92. The Labute approximate surface area is 181 Å². The number of hydrogen-bond acceptors (Lipinski definition) is 7. The molecule has 0 saturated carbocycles. The van der Waals surface area contributed by atoms with Gasteiger partial charge in [-0.2, -0.15) is 0 Å². The van der Waals surface area contributed by atoms with E-state index in [0.717, 1.165) is 12.4 Å². The molecule has 2 amide bonds. The van der Waals surface area contributed by atoms with Gasteiger partial charge in [-0.05, 0) is 5.56 Å². The Balaban J connectivity index is 1.73. The molecule has 0 aliphatic carbocycles. The van der Waals surface area contributed by atoms with Crippen LogP contribution in [0.5, 0.6) is 11.6 Å². The van der Waals surface area contributed by atoms with Gasteiger partial charge < -0.3 is 30.4 Å². The number of aromatic amines is 2. The first-order chi connectivity index (χ1) is 15.4. The zero-order chi connectivity index (χ0) is 23.1. The van der Waals surface area contributed by atoms with Gasteiger partial charge in [0.05, 0.1) is 31.5 Å². The molecule has 3 aromatic rings. The van der Waals surface area contributed by atoms with E-state index in [0.29, 0.717) is 5.56 Å². The third kappa shape index (κ3) is 5.39. The maximum Gasteiger partial charge on any atom is 0.267 e. The van der Waals surface area contributed by atoms with Gasteiger partial charge in [0.15, 0.2) is 5.75 Å². The Hall–Kier alpha value is -4.41. The summed E-state index contributed by atoms with van der Waals surface area (Å²) in [7, 11) is 1.34. The van der Waals surface area contributed by atoms with E-state index >= 15 is 0 Å². The van der Waals surface area contributed by atoms with E-state index in [-0.39, 0.29) is 23.6 Å². The highest BCUT2D eigenvalue weighted by Crippen LogP contribution is 2.13. The Morgan fingerprint density at radius 2 is 1.94 bits per heavy atom. The van der Waals surface area contributed by atoms with Gasteiger partial charge in [0.1, 0.15) is 5.69 Å². The molecule has 0 bridgehead atoms. The van der Waals surface area contributed by atoms with Gasteiger partial charge >= 0.3 is 0 Å². The summed E-state index contributed by atoms with van der Waals surface area (Å²) in [5.74, 6) is -1.57. The molecule has 11 nitrogen and oxygen atoms in total. The molecule has 0 saturated heterocycles. The molecule has 0 aliphatic rings. The Kier molecular flexibility index (Phi) is 7.01. The molecule has 0 radical (unpaired) electrons. The second-order valence-electron chi connectivity index (χ2n) is 6.73. The van der Waals surface area contributed by atoms with E-state index in [1.807, 2.05) is 0 Å². The number of benzene rings is 1. The predicted molar refractivity (Wildman–Crippen MR) is 114 cm³/mol. The van der Waals surface area contributed by atoms with Crippen LogP contribution < -0.4 is 26.4 Å². The number of hydrogen-bond donors (Lipinski definition) is 5. The lowest BCUT2D eigenvalue weighted by Crippen LogP contribution is -2.39. The van der Waals surface area contributed by atoms with Gasteiger partial charge in [-0.25, -0.2) is 4.98 Å². The summed E-state index contributed by atoms with van der Waals surface area (Å²) in [5, 5.41) is 15.1. The zero-order valence-corrected chi connectivity index (χ0v) is 17.0. The van der Waals surface area contributed by atoms with Crippen molar-refractivity contribution < 1.29 is 19.4 Å². The molecule has 0 aliphatic heterocycles. The van der Waals surface area contributed by atoms with Gasteiger partial charge in [0.25, 0.3) is 11.5 Å². The van der Waals surface area contributed by atoms with Crippen LogP contribution in [-0.4, -0.2) is 45.5 Å². The molecule has 0 fully saturated rings. The fraction of sp³-hybridized carbons (Fsp3) is 0.190. The number of methoxy groups -OCH3 is 1. The monoisotopic (exact) mass is 439 g/mol. The van der Waals surface area contributed by atoms with Gasteiger partial charge in [0.2, 0.25) is 17.2 Å². The summed E-state index contributed by atoms with van der Waals surface area (Å²) in [6, 6.07) is 9.35. The predicted octanol–water partition coefficient (Wildman–Crippen LogP) is 0.00240. The standard InChI is InChI=1S/C21H21N5O6/c1-32-17-10-22-14(8-16(17)27)21(31)23-9-15(12-5-3-2-4-6-12)26-18(28)7-13-19(29)24-11-25-20(13)30/h2-6,8,10-11,15H,7,9H2,1H3,(H,22,27)(H,23,31)(H,26,28)(H2,24,25,29,30). The Morgan fingerprint density at radius 3 is 2.59 bits per heavy atom. The minimum Gasteiger partial charge on any atom is -0.493 e. The van der Waals surface area contributed by atoms with Crippen molar-refractivity contribution in [3.63, 3.8) is 0 Å². The molecule has 0 spiro atoms. The molecule has 11 heteroatoms. The number of pyridine rings is 1. The average molecular weight is 439 g/mol. The van der Waals surface area contributed by atoms with Crippen LogP contribution in [0.1, 0.15) is 27.7 Å².